The van der Waals surface area contributed by atoms with Gasteiger partial charge in [-0.3, -0.25) is 0 Å². The molecule has 1 fully saturated rings. The molecule has 2 aromatic rings. The second-order valence-corrected chi connectivity index (χ2v) is 8.68. The number of nitrogens with zero attached hydrogens (tertiary/aromatic N) is 1. The number of benzene rings is 2. The van der Waals surface area contributed by atoms with Crippen LogP contribution in [0, 0.1) is 0 Å². The molecule has 2 nitrogen and oxygen atoms in total. The average Bonchev–Trinajstić information content (AvgIpc) is 2.77. The maximum Gasteiger partial charge on any atom is 0.119 e. The maximum atomic E-state index is 5.95. The molecule has 1 heterocycles. The van der Waals surface area contributed by atoms with Crippen LogP contribution >= 0.6 is 12.4 Å². The zero-order valence-corrected chi connectivity index (χ0v) is 19.5. The van der Waals surface area contributed by atoms with Gasteiger partial charge in [-0.15, -0.1) is 12.4 Å². The third-order valence-electron chi connectivity index (χ3n) is 6.17. The van der Waals surface area contributed by atoms with Crippen molar-refractivity contribution < 1.29 is 4.74 Å². The van der Waals surface area contributed by atoms with Gasteiger partial charge >= 0.3 is 0 Å². The van der Waals surface area contributed by atoms with Crippen LogP contribution < -0.4 is 4.74 Å². The standard InChI is InChI=1S/C27H39NO.ClH/c1-24(23-25-13-7-5-8-14-25)26-15-17-27(18-16-26)29-22-12-4-2-3-9-19-28-20-10-6-11-21-28;/h5,7-8,13-18,24H,2-4,6,9-12,19-23H2,1H3;1H. The number of ether oxygens (including phenoxy) is 1. The summed E-state index contributed by atoms with van der Waals surface area (Å²) in [7, 11) is 0. The molecule has 0 radical (unpaired) electrons. The predicted molar refractivity (Wildman–Crippen MR) is 131 cm³/mol. The third-order valence-corrected chi connectivity index (χ3v) is 6.17. The second-order valence-electron chi connectivity index (χ2n) is 8.68. The van der Waals surface area contributed by atoms with Gasteiger partial charge < -0.3 is 9.64 Å². The first kappa shape index (κ1) is 24.8. The van der Waals surface area contributed by atoms with Crippen molar-refractivity contribution >= 4 is 12.4 Å². The maximum absolute atomic E-state index is 5.95. The van der Waals surface area contributed by atoms with E-state index in [9.17, 15) is 0 Å². The van der Waals surface area contributed by atoms with Crippen LogP contribution in [0.2, 0.25) is 0 Å². The smallest absolute Gasteiger partial charge is 0.119 e. The van der Waals surface area contributed by atoms with Crippen LogP contribution in [0.3, 0.4) is 0 Å². The number of hydrogen-bond donors (Lipinski definition) is 0. The molecule has 0 spiro atoms. The highest BCUT2D eigenvalue weighted by atomic mass is 35.5. The van der Waals surface area contributed by atoms with Crippen LogP contribution in [0.1, 0.15) is 75.3 Å². The van der Waals surface area contributed by atoms with Gasteiger partial charge in [0, 0.05) is 0 Å². The van der Waals surface area contributed by atoms with Gasteiger partial charge in [-0.2, -0.15) is 0 Å². The number of halogens is 1. The molecule has 0 bridgehead atoms. The molecule has 1 saturated heterocycles. The largest absolute Gasteiger partial charge is 0.494 e. The summed E-state index contributed by atoms with van der Waals surface area (Å²) in [4.78, 5) is 2.65. The molecule has 1 aliphatic rings. The Bertz CT molecular complexity index is 667. The van der Waals surface area contributed by atoms with Crippen molar-refractivity contribution in [3.63, 3.8) is 0 Å². The van der Waals surface area contributed by atoms with E-state index in [0.29, 0.717) is 5.92 Å². The van der Waals surface area contributed by atoms with Crippen molar-refractivity contribution in [2.24, 2.45) is 0 Å². The second kappa shape index (κ2) is 14.5. The highest BCUT2D eigenvalue weighted by Crippen LogP contribution is 2.23. The number of likely N-dealkylation sites (tertiary alicyclic amines) is 1. The fourth-order valence-corrected chi connectivity index (χ4v) is 4.32. The Morgan fingerprint density at radius 1 is 0.800 bits per heavy atom. The molecule has 0 aromatic heterocycles. The summed E-state index contributed by atoms with van der Waals surface area (Å²) in [5.41, 5.74) is 2.78. The zero-order chi connectivity index (χ0) is 20.2. The zero-order valence-electron chi connectivity index (χ0n) is 18.7. The molecule has 0 saturated carbocycles. The molecule has 0 N–H and O–H groups in total. The first-order valence-electron chi connectivity index (χ1n) is 11.8. The lowest BCUT2D eigenvalue weighted by Crippen LogP contribution is -2.30. The SMILES string of the molecule is CC(Cc1ccccc1)c1ccc(OCCCCCCCN2CCCCC2)cc1.Cl. The predicted octanol–water partition coefficient (Wildman–Crippen LogP) is 7.27. The summed E-state index contributed by atoms with van der Waals surface area (Å²) in [6.45, 7) is 7.11. The fraction of sp³-hybridized carbons (Fsp3) is 0.556. The van der Waals surface area contributed by atoms with E-state index in [1.807, 2.05) is 0 Å². The van der Waals surface area contributed by atoms with Gasteiger partial charge in [0.05, 0.1) is 6.61 Å². The molecule has 30 heavy (non-hydrogen) atoms. The lowest BCUT2D eigenvalue weighted by Gasteiger charge is -2.26. The quantitative estimate of drug-likeness (QED) is 0.329. The molecule has 2 aromatic carbocycles. The summed E-state index contributed by atoms with van der Waals surface area (Å²) in [6, 6.07) is 19.5. The first-order chi connectivity index (χ1) is 14.3. The number of unbranched alkanes of at least 4 members (excludes halogenated alkanes) is 4. The fourth-order valence-electron chi connectivity index (χ4n) is 4.32. The monoisotopic (exact) mass is 429 g/mol. The minimum Gasteiger partial charge on any atom is -0.494 e. The van der Waals surface area contributed by atoms with Crippen LogP contribution in [-0.2, 0) is 6.42 Å². The molecule has 0 amide bonds. The van der Waals surface area contributed by atoms with Gasteiger partial charge in [-0.1, -0.05) is 75.1 Å². The molecular weight excluding hydrogens is 390 g/mol. The van der Waals surface area contributed by atoms with Crippen LogP contribution in [0.15, 0.2) is 54.6 Å². The van der Waals surface area contributed by atoms with Gasteiger partial charge in [0.1, 0.15) is 5.75 Å². The summed E-state index contributed by atoms with van der Waals surface area (Å²) in [5, 5.41) is 0. The number of piperidine rings is 1. The molecule has 1 aliphatic heterocycles. The molecule has 3 heteroatoms. The highest BCUT2D eigenvalue weighted by molar-refractivity contribution is 5.85. The van der Waals surface area contributed by atoms with E-state index in [1.54, 1.807) is 0 Å². The van der Waals surface area contributed by atoms with Crippen LogP contribution in [0.4, 0.5) is 0 Å². The van der Waals surface area contributed by atoms with Crippen molar-refractivity contribution in [3.05, 3.63) is 65.7 Å². The third kappa shape index (κ3) is 9.10. The topological polar surface area (TPSA) is 12.5 Å². The van der Waals surface area contributed by atoms with Crippen LogP contribution in [0.5, 0.6) is 5.75 Å². The Morgan fingerprint density at radius 2 is 1.47 bits per heavy atom. The van der Waals surface area contributed by atoms with E-state index in [4.69, 9.17) is 4.74 Å². The summed E-state index contributed by atoms with van der Waals surface area (Å²) in [5.74, 6) is 1.53. The van der Waals surface area contributed by atoms with E-state index in [-0.39, 0.29) is 12.4 Å². The van der Waals surface area contributed by atoms with Crippen molar-refractivity contribution in [1.82, 2.24) is 4.90 Å². The minimum atomic E-state index is 0. The van der Waals surface area contributed by atoms with Crippen molar-refractivity contribution in [2.75, 3.05) is 26.2 Å². The van der Waals surface area contributed by atoms with Gasteiger partial charge in [0.25, 0.3) is 0 Å². The molecule has 1 unspecified atom stereocenters. The minimum absolute atomic E-state index is 0. The lowest BCUT2D eigenvalue weighted by atomic mass is 9.94. The normalized spacial score (nSPS) is 15.4. The summed E-state index contributed by atoms with van der Waals surface area (Å²) < 4.78 is 5.95. The Kier molecular flexibility index (Phi) is 12.0. The van der Waals surface area contributed by atoms with E-state index >= 15 is 0 Å². The van der Waals surface area contributed by atoms with Gasteiger partial charge in [0.15, 0.2) is 0 Å². The van der Waals surface area contributed by atoms with Gasteiger partial charge in [-0.25, -0.2) is 0 Å². The Morgan fingerprint density at radius 3 is 2.20 bits per heavy atom. The molecule has 0 aliphatic carbocycles. The highest BCUT2D eigenvalue weighted by Gasteiger charge is 2.09. The van der Waals surface area contributed by atoms with Gasteiger partial charge in [-0.05, 0) is 80.9 Å². The molecular formula is C27H40ClNO. The van der Waals surface area contributed by atoms with Crippen LogP contribution in [-0.4, -0.2) is 31.1 Å². The Labute approximate surface area is 190 Å². The van der Waals surface area contributed by atoms with E-state index in [0.717, 1.165) is 25.2 Å². The lowest BCUT2D eigenvalue weighted by molar-refractivity contribution is 0.223. The van der Waals surface area contributed by atoms with E-state index in [2.05, 4.69) is 66.4 Å². The van der Waals surface area contributed by atoms with Crippen LogP contribution in [0.25, 0.3) is 0 Å². The summed E-state index contributed by atoms with van der Waals surface area (Å²) >= 11 is 0. The van der Waals surface area contributed by atoms with E-state index in [1.165, 1.54) is 75.7 Å². The van der Waals surface area contributed by atoms with Crippen molar-refractivity contribution in [2.45, 2.75) is 70.6 Å². The average molecular weight is 430 g/mol. The van der Waals surface area contributed by atoms with Crippen molar-refractivity contribution in [3.8, 4) is 5.75 Å². The van der Waals surface area contributed by atoms with Crippen molar-refractivity contribution in [1.29, 1.82) is 0 Å². The molecule has 1 atom stereocenters. The van der Waals surface area contributed by atoms with Gasteiger partial charge in [0.2, 0.25) is 0 Å². The Hall–Kier alpha value is -1.51. The molecule has 166 valence electrons. The Balaban J connectivity index is 0.00000320. The number of rotatable bonds is 12. The first-order valence-corrected chi connectivity index (χ1v) is 11.8. The van der Waals surface area contributed by atoms with E-state index < -0.39 is 0 Å². The summed E-state index contributed by atoms with van der Waals surface area (Å²) in [6.07, 6.45) is 11.8. The number of hydrogen-bond acceptors (Lipinski definition) is 2. The molecule has 3 rings (SSSR count).